The Hall–Kier alpha value is 0.0300. The van der Waals surface area contributed by atoms with Gasteiger partial charge in [-0.2, -0.15) is 0 Å². The molecule has 1 aliphatic rings. The number of hydrogen-bond donors (Lipinski definition) is 4. The molecule has 0 saturated carbocycles. The Morgan fingerprint density at radius 2 is 2.18 bits per heavy atom. The van der Waals surface area contributed by atoms with Gasteiger partial charge in [0.25, 0.3) is 0 Å². The normalized spacial score (nSPS) is 26.9. The predicted molar refractivity (Wildman–Crippen MR) is 37.8 cm³/mol. The number of phosphoric ester groups is 1. The summed E-state index contributed by atoms with van der Waals surface area (Å²) < 4.78 is 14.7. The molecule has 0 radical (unpaired) electrons. The molecule has 0 aliphatic carbocycles. The van der Waals surface area contributed by atoms with Crippen LogP contribution < -0.4 is 10.6 Å². The summed E-state index contributed by atoms with van der Waals surface area (Å²) in [5, 5.41) is 5.73. The number of hydrogen-bond acceptors (Lipinski definition) is 4. The van der Waals surface area contributed by atoms with Gasteiger partial charge in [-0.3, -0.25) is 9.84 Å². The van der Waals surface area contributed by atoms with Crippen LogP contribution in [0.3, 0.4) is 0 Å². The van der Waals surface area contributed by atoms with Crippen molar-refractivity contribution in [2.24, 2.45) is 0 Å². The van der Waals surface area contributed by atoms with Gasteiger partial charge in [0.05, 0.1) is 0 Å². The molecular weight excluding hydrogens is 171 g/mol. The van der Waals surface area contributed by atoms with Crippen LogP contribution in [0, 0.1) is 0 Å². The van der Waals surface area contributed by atoms with E-state index in [0.29, 0.717) is 13.1 Å². The lowest BCUT2D eigenvalue weighted by Gasteiger charge is -2.24. The summed E-state index contributed by atoms with van der Waals surface area (Å²) in [5.41, 5.74) is 0. The monoisotopic (exact) mass is 182 g/mol. The maximum absolute atomic E-state index is 10.3. The lowest BCUT2D eigenvalue weighted by atomic mass is 10.4. The van der Waals surface area contributed by atoms with E-state index in [1.165, 1.54) is 0 Å². The van der Waals surface area contributed by atoms with Crippen LogP contribution in [-0.2, 0) is 9.09 Å². The lowest BCUT2D eigenvalue weighted by molar-refractivity contribution is 0.0967. The predicted octanol–water partition coefficient (Wildman–Crippen LogP) is -1.39. The van der Waals surface area contributed by atoms with Gasteiger partial charge in [0, 0.05) is 19.6 Å². The highest BCUT2D eigenvalue weighted by molar-refractivity contribution is 7.46. The third-order valence-corrected chi connectivity index (χ3v) is 1.80. The molecule has 1 unspecified atom stereocenters. The van der Waals surface area contributed by atoms with Crippen LogP contribution in [-0.4, -0.2) is 35.6 Å². The highest BCUT2D eigenvalue weighted by atomic mass is 31.2. The summed E-state index contributed by atoms with van der Waals surface area (Å²) in [4.78, 5) is 16.8. The zero-order chi connectivity index (χ0) is 8.32. The van der Waals surface area contributed by atoms with Gasteiger partial charge in [-0.1, -0.05) is 0 Å². The van der Waals surface area contributed by atoms with E-state index in [2.05, 4.69) is 15.2 Å². The Morgan fingerprint density at radius 1 is 1.45 bits per heavy atom. The molecule has 7 heteroatoms. The number of nitrogens with one attached hydrogen (secondary N) is 2. The first kappa shape index (κ1) is 9.12. The molecule has 11 heavy (non-hydrogen) atoms. The molecule has 1 saturated heterocycles. The molecule has 6 nitrogen and oxygen atoms in total. The molecule has 1 heterocycles. The van der Waals surface area contributed by atoms with Crippen LogP contribution in [0.25, 0.3) is 0 Å². The summed E-state index contributed by atoms with van der Waals surface area (Å²) in [5.74, 6) is 0. The standard InChI is InChI=1S/C4H11N2O4P/c7-11(8,9)10-4-3-5-1-2-6-4/h4-6H,1-3H2,(H2,7,8,9). The van der Waals surface area contributed by atoms with E-state index < -0.39 is 14.1 Å². The molecular formula is C4H11N2O4P. The summed E-state index contributed by atoms with van der Waals surface area (Å²) in [6.45, 7) is 1.87. The van der Waals surface area contributed by atoms with Gasteiger partial charge in [0.15, 0.2) is 0 Å². The van der Waals surface area contributed by atoms with Gasteiger partial charge in [0.2, 0.25) is 0 Å². The first-order valence-electron chi connectivity index (χ1n) is 3.26. The minimum atomic E-state index is -4.34. The van der Waals surface area contributed by atoms with Gasteiger partial charge < -0.3 is 15.1 Å². The maximum atomic E-state index is 10.3. The SMILES string of the molecule is O=P(O)(O)OC1CNCCN1. The Morgan fingerprint density at radius 3 is 2.64 bits per heavy atom. The average molecular weight is 182 g/mol. The third-order valence-electron chi connectivity index (χ3n) is 1.27. The Kier molecular flexibility index (Phi) is 3.00. The molecule has 0 spiro atoms. The maximum Gasteiger partial charge on any atom is 0.471 e. The largest absolute Gasteiger partial charge is 0.471 e. The average Bonchev–Trinajstić information content (AvgIpc) is 1.85. The van der Waals surface area contributed by atoms with Gasteiger partial charge >= 0.3 is 7.82 Å². The van der Waals surface area contributed by atoms with E-state index in [-0.39, 0.29) is 0 Å². The van der Waals surface area contributed by atoms with Crippen LogP contribution in [0.15, 0.2) is 0 Å². The fraction of sp³-hybridized carbons (Fsp3) is 1.00. The van der Waals surface area contributed by atoms with Gasteiger partial charge in [-0.05, 0) is 0 Å². The quantitative estimate of drug-likeness (QED) is 0.393. The van der Waals surface area contributed by atoms with Crippen LogP contribution in [0.1, 0.15) is 0 Å². The van der Waals surface area contributed by atoms with E-state index in [4.69, 9.17) is 9.79 Å². The van der Waals surface area contributed by atoms with Crippen molar-refractivity contribution in [3.8, 4) is 0 Å². The van der Waals surface area contributed by atoms with Crippen LogP contribution in [0.4, 0.5) is 0 Å². The van der Waals surface area contributed by atoms with E-state index in [1.54, 1.807) is 0 Å². The highest BCUT2D eigenvalue weighted by Gasteiger charge is 2.22. The molecule has 0 aromatic heterocycles. The summed E-state index contributed by atoms with van der Waals surface area (Å²) in [7, 11) is -4.34. The topological polar surface area (TPSA) is 90.8 Å². The molecule has 1 rings (SSSR count). The van der Waals surface area contributed by atoms with Crippen LogP contribution >= 0.6 is 7.82 Å². The molecule has 0 amide bonds. The van der Waals surface area contributed by atoms with Crippen molar-refractivity contribution in [1.29, 1.82) is 0 Å². The third kappa shape index (κ3) is 3.81. The van der Waals surface area contributed by atoms with Crippen molar-refractivity contribution in [2.75, 3.05) is 19.6 Å². The molecule has 1 fully saturated rings. The Balaban J connectivity index is 2.30. The molecule has 0 aromatic carbocycles. The fourth-order valence-corrected chi connectivity index (χ4v) is 1.35. The summed E-state index contributed by atoms with van der Waals surface area (Å²) >= 11 is 0. The number of phosphoric acid groups is 1. The lowest BCUT2D eigenvalue weighted by Crippen LogP contribution is -2.49. The summed E-state index contributed by atoms with van der Waals surface area (Å²) in [6.07, 6.45) is -0.579. The molecule has 0 bridgehead atoms. The van der Waals surface area contributed by atoms with Crippen molar-refractivity contribution in [3.63, 3.8) is 0 Å². The zero-order valence-electron chi connectivity index (χ0n) is 5.86. The van der Waals surface area contributed by atoms with E-state index >= 15 is 0 Å². The van der Waals surface area contributed by atoms with Crippen molar-refractivity contribution < 1.29 is 18.9 Å². The molecule has 1 atom stereocenters. The van der Waals surface area contributed by atoms with Gasteiger partial charge in [-0.25, -0.2) is 4.57 Å². The van der Waals surface area contributed by atoms with Crippen molar-refractivity contribution in [2.45, 2.75) is 6.23 Å². The van der Waals surface area contributed by atoms with Crippen LogP contribution in [0.5, 0.6) is 0 Å². The smallest absolute Gasteiger partial charge is 0.312 e. The molecule has 1 aliphatic heterocycles. The number of rotatable bonds is 2. The second-order valence-electron chi connectivity index (χ2n) is 2.24. The van der Waals surface area contributed by atoms with Crippen molar-refractivity contribution in [3.05, 3.63) is 0 Å². The minimum absolute atomic E-state index is 0.422. The zero-order valence-corrected chi connectivity index (χ0v) is 6.75. The minimum Gasteiger partial charge on any atom is -0.312 e. The first-order chi connectivity index (χ1) is 5.08. The van der Waals surface area contributed by atoms with Gasteiger partial charge in [-0.15, -0.1) is 0 Å². The first-order valence-corrected chi connectivity index (χ1v) is 4.79. The van der Waals surface area contributed by atoms with Crippen LogP contribution in [0.2, 0.25) is 0 Å². The van der Waals surface area contributed by atoms with E-state index in [1.807, 2.05) is 0 Å². The highest BCUT2D eigenvalue weighted by Crippen LogP contribution is 2.36. The summed E-state index contributed by atoms with van der Waals surface area (Å²) in [6, 6.07) is 0. The van der Waals surface area contributed by atoms with E-state index in [9.17, 15) is 4.57 Å². The second kappa shape index (κ2) is 3.62. The fourth-order valence-electron chi connectivity index (χ4n) is 0.867. The Labute approximate surface area is 64.2 Å². The second-order valence-corrected chi connectivity index (χ2v) is 3.43. The Bertz CT molecular complexity index is 163. The molecule has 4 N–H and O–H groups in total. The van der Waals surface area contributed by atoms with Crippen molar-refractivity contribution in [1.82, 2.24) is 10.6 Å². The molecule has 0 aromatic rings. The molecule has 66 valence electrons. The van der Waals surface area contributed by atoms with E-state index in [0.717, 1.165) is 6.54 Å². The van der Waals surface area contributed by atoms with Gasteiger partial charge in [0.1, 0.15) is 6.23 Å². The van der Waals surface area contributed by atoms with Crippen molar-refractivity contribution >= 4 is 7.82 Å². The number of piperazine rings is 1.